The van der Waals surface area contributed by atoms with E-state index in [0.29, 0.717) is 5.92 Å². The molecule has 0 heterocycles. The molecular formula is C11H14FN. The van der Waals surface area contributed by atoms with Crippen LogP contribution in [0.1, 0.15) is 25.3 Å². The highest BCUT2D eigenvalue weighted by molar-refractivity contribution is 5.28. The predicted octanol–water partition coefficient (Wildman–Crippen LogP) is 2.41. The zero-order valence-electron chi connectivity index (χ0n) is 7.76. The minimum atomic E-state index is -0.201. The van der Waals surface area contributed by atoms with Gasteiger partial charge in [-0.1, -0.05) is 19.1 Å². The molecule has 0 aliphatic heterocycles. The highest BCUT2D eigenvalue weighted by atomic mass is 19.1. The lowest BCUT2D eigenvalue weighted by atomic mass is 9.64. The molecule has 0 aromatic heterocycles. The number of nitrogens with two attached hydrogens (primary N) is 1. The number of halogens is 1. The molecule has 1 aliphatic carbocycles. The van der Waals surface area contributed by atoms with Crippen molar-refractivity contribution >= 4 is 0 Å². The van der Waals surface area contributed by atoms with Gasteiger partial charge in [0.2, 0.25) is 0 Å². The van der Waals surface area contributed by atoms with E-state index < -0.39 is 0 Å². The molecule has 2 rings (SSSR count). The summed E-state index contributed by atoms with van der Waals surface area (Å²) >= 11 is 0. The van der Waals surface area contributed by atoms with Gasteiger partial charge in [-0.25, -0.2) is 4.39 Å². The molecule has 0 radical (unpaired) electrons. The number of hydrogen-bond acceptors (Lipinski definition) is 1. The Morgan fingerprint density at radius 3 is 2.38 bits per heavy atom. The van der Waals surface area contributed by atoms with Gasteiger partial charge in [-0.3, -0.25) is 0 Å². The van der Waals surface area contributed by atoms with Crippen LogP contribution in [0.25, 0.3) is 0 Å². The maximum Gasteiger partial charge on any atom is 0.123 e. The summed E-state index contributed by atoms with van der Waals surface area (Å²) in [5, 5.41) is 0. The van der Waals surface area contributed by atoms with Gasteiger partial charge in [0.1, 0.15) is 5.82 Å². The third-order valence-electron chi connectivity index (χ3n) is 3.25. The van der Waals surface area contributed by atoms with E-state index >= 15 is 0 Å². The second kappa shape index (κ2) is 2.81. The molecule has 1 aromatic carbocycles. The lowest BCUT2D eigenvalue weighted by molar-refractivity contribution is 0.145. The van der Waals surface area contributed by atoms with Crippen LogP contribution in [0.4, 0.5) is 4.39 Å². The standard InChI is InChI=1S/C11H14FN/c1-8-6-7-11(8,13)9-2-4-10(12)5-3-9/h2-5,8H,6-7,13H2,1H3. The Morgan fingerprint density at radius 2 is 2.00 bits per heavy atom. The zero-order valence-corrected chi connectivity index (χ0v) is 7.76. The van der Waals surface area contributed by atoms with E-state index in [1.807, 2.05) is 0 Å². The molecule has 1 nitrogen and oxygen atoms in total. The molecule has 70 valence electrons. The molecule has 2 unspecified atom stereocenters. The van der Waals surface area contributed by atoms with Crippen molar-refractivity contribution in [3.8, 4) is 0 Å². The normalized spacial score (nSPS) is 32.7. The zero-order chi connectivity index (χ0) is 9.47. The monoisotopic (exact) mass is 179 g/mol. The Kier molecular flexibility index (Phi) is 1.88. The van der Waals surface area contributed by atoms with E-state index in [4.69, 9.17) is 5.73 Å². The minimum Gasteiger partial charge on any atom is -0.321 e. The van der Waals surface area contributed by atoms with Crippen LogP contribution in [0.2, 0.25) is 0 Å². The van der Waals surface area contributed by atoms with Gasteiger partial charge in [0.15, 0.2) is 0 Å². The van der Waals surface area contributed by atoms with Crippen LogP contribution in [-0.4, -0.2) is 0 Å². The first kappa shape index (κ1) is 8.70. The van der Waals surface area contributed by atoms with Crippen molar-refractivity contribution in [2.45, 2.75) is 25.3 Å². The van der Waals surface area contributed by atoms with Gasteiger partial charge >= 0.3 is 0 Å². The summed E-state index contributed by atoms with van der Waals surface area (Å²) in [5.41, 5.74) is 7.06. The summed E-state index contributed by atoms with van der Waals surface area (Å²) in [6.45, 7) is 2.15. The summed E-state index contributed by atoms with van der Waals surface area (Å²) in [6.07, 6.45) is 2.19. The maximum absolute atomic E-state index is 12.7. The van der Waals surface area contributed by atoms with E-state index in [1.54, 1.807) is 12.1 Å². The van der Waals surface area contributed by atoms with Crippen molar-refractivity contribution < 1.29 is 4.39 Å². The highest BCUT2D eigenvalue weighted by Crippen LogP contribution is 2.43. The van der Waals surface area contributed by atoms with Crippen LogP contribution in [0.3, 0.4) is 0 Å². The second-order valence-corrected chi connectivity index (χ2v) is 3.99. The average molecular weight is 179 g/mol. The van der Waals surface area contributed by atoms with Crippen LogP contribution in [-0.2, 0) is 5.54 Å². The van der Waals surface area contributed by atoms with Gasteiger partial charge in [-0.15, -0.1) is 0 Å². The van der Waals surface area contributed by atoms with Crippen molar-refractivity contribution in [2.24, 2.45) is 11.7 Å². The number of benzene rings is 1. The van der Waals surface area contributed by atoms with E-state index in [9.17, 15) is 4.39 Å². The lowest BCUT2D eigenvalue weighted by Gasteiger charge is -2.45. The molecule has 13 heavy (non-hydrogen) atoms. The summed E-state index contributed by atoms with van der Waals surface area (Å²) in [4.78, 5) is 0. The molecule has 1 aromatic rings. The second-order valence-electron chi connectivity index (χ2n) is 3.99. The molecule has 2 heteroatoms. The van der Waals surface area contributed by atoms with E-state index in [-0.39, 0.29) is 11.4 Å². The molecule has 0 bridgehead atoms. The molecule has 2 atom stereocenters. The van der Waals surface area contributed by atoms with Crippen molar-refractivity contribution in [2.75, 3.05) is 0 Å². The van der Waals surface area contributed by atoms with Crippen molar-refractivity contribution in [3.05, 3.63) is 35.6 Å². The Balaban J connectivity index is 2.30. The third kappa shape index (κ3) is 1.25. The molecule has 2 N–H and O–H groups in total. The largest absolute Gasteiger partial charge is 0.321 e. The van der Waals surface area contributed by atoms with E-state index in [2.05, 4.69) is 6.92 Å². The van der Waals surface area contributed by atoms with E-state index in [1.165, 1.54) is 18.6 Å². The van der Waals surface area contributed by atoms with E-state index in [0.717, 1.165) is 12.0 Å². The first-order valence-electron chi connectivity index (χ1n) is 4.68. The molecule has 0 saturated heterocycles. The molecule has 1 fully saturated rings. The topological polar surface area (TPSA) is 26.0 Å². The van der Waals surface area contributed by atoms with Gasteiger partial charge in [0.05, 0.1) is 0 Å². The van der Waals surface area contributed by atoms with Crippen LogP contribution < -0.4 is 5.73 Å². The third-order valence-corrected chi connectivity index (χ3v) is 3.25. The number of rotatable bonds is 1. The first-order chi connectivity index (χ1) is 6.13. The molecule has 0 spiro atoms. The van der Waals surface area contributed by atoms with Gasteiger partial charge in [-0.2, -0.15) is 0 Å². The fourth-order valence-electron chi connectivity index (χ4n) is 1.93. The molecule has 0 amide bonds. The van der Waals surface area contributed by atoms with Crippen molar-refractivity contribution in [1.29, 1.82) is 0 Å². The van der Waals surface area contributed by atoms with Crippen LogP contribution in [0.5, 0.6) is 0 Å². The van der Waals surface area contributed by atoms with Gasteiger partial charge < -0.3 is 5.73 Å². The van der Waals surface area contributed by atoms with Crippen LogP contribution in [0.15, 0.2) is 24.3 Å². The summed E-state index contributed by atoms with van der Waals surface area (Å²) < 4.78 is 12.7. The Labute approximate surface area is 77.8 Å². The lowest BCUT2D eigenvalue weighted by Crippen LogP contribution is -2.50. The highest BCUT2D eigenvalue weighted by Gasteiger charge is 2.41. The smallest absolute Gasteiger partial charge is 0.123 e. The Hall–Kier alpha value is -0.890. The van der Waals surface area contributed by atoms with Gasteiger partial charge in [0.25, 0.3) is 0 Å². The van der Waals surface area contributed by atoms with Crippen LogP contribution >= 0.6 is 0 Å². The molecule has 1 aliphatic rings. The van der Waals surface area contributed by atoms with Gasteiger partial charge in [0, 0.05) is 5.54 Å². The van der Waals surface area contributed by atoms with Crippen molar-refractivity contribution in [3.63, 3.8) is 0 Å². The number of hydrogen-bond donors (Lipinski definition) is 1. The fourth-order valence-corrected chi connectivity index (χ4v) is 1.93. The quantitative estimate of drug-likeness (QED) is 0.704. The predicted molar refractivity (Wildman–Crippen MR) is 50.7 cm³/mol. The summed E-state index contributed by atoms with van der Waals surface area (Å²) in [6, 6.07) is 6.56. The molecule has 1 saturated carbocycles. The minimum absolute atomic E-state index is 0.195. The Bertz CT molecular complexity index is 306. The molecular weight excluding hydrogens is 165 g/mol. The first-order valence-corrected chi connectivity index (χ1v) is 4.68. The maximum atomic E-state index is 12.7. The Morgan fingerprint density at radius 1 is 1.38 bits per heavy atom. The summed E-state index contributed by atoms with van der Waals surface area (Å²) in [7, 11) is 0. The van der Waals surface area contributed by atoms with Crippen molar-refractivity contribution in [1.82, 2.24) is 0 Å². The average Bonchev–Trinajstić information content (AvgIpc) is 2.15. The van der Waals surface area contributed by atoms with Crippen LogP contribution in [0, 0.1) is 11.7 Å². The summed E-state index contributed by atoms with van der Waals surface area (Å²) in [5.74, 6) is 0.317. The SMILES string of the molecule is CC1CCC1(N)c1ccc(F)cc1. The fraction of sp³-hybridized carbons (Fsp3) is 0.455. The van der Waals surface area contributed by atoms with Gasteiger partial charge in [-0.05, 0) is 36.5 Å².